The quantitative estimate of drug-likeness (QED) is 0.161. The summed E-state index contributed by atoms with van der Waals surface area (Å²) < 4.78 is 16.4. The summed E-state index contributed by atoms with van der Waals surface area (Å²) in [5, 5.41) is 4.11. The number of ether oxygens (including phenoxy) is 1. The molecule has 1 aliphatic heterocycles. The minimum atomic E-state index is -0.430. The van der Waals surface area contributed by atoms with Crippen molar-refractivity contribution in [3.63, 3.8) is 0 Å². The van der Waals surface area contributed by atoms with E-state index in [0.717, 1.165) is 55.5 Å². The average Bonchev–Trinajstić information content (AvgIpc) is 3.70. The number of Topliss-reactive ketones (excluding diaryl/α,β-unsaturated/α-hetero) is 1. The predicted molar refractivity (Wildman–Crippen MR) is 164 cm³/mol. The second-order valence-electron chi connectivity index (χ2n) is 10.8. The number of likely N-dealkylation sites (tertiary alicyclic amines) is 1. The van der Waals surface area contributed by atoms with Crippen LogP contribution in [0.4, 0.5) is 0 Å². The van der Waals surface area contributed by atoms with Crippen LogP contribution in [0.25, 0.3) is 22.2 Å². The Balaban J connectivity index is 1.32. The van der Waals surface area contributed by atoms with Gasteiger partial charge in [-0.3, -0.25) is 14.5 Å². The zero-order valence-corrected chi connectivity index (χ0v) is 25.3. The third kappa shape index (κ3) is 7.60. The maximum atomic E-state index is 13.4. The second-order valence-corrected chi connectivity index (χ2v) is 11.6. The summed E-state index contributed by atoms with van der Waals surface area (Å²) in [5.74, 6) is 1.49. The van der Waals surface area contributed by atoms with Crippen molar-refractivity contribution in [1.82, 2.24) is 24.6 Å². The van der Waals surface area contributed by atoms with Gasteiger partial charge >= 0.3 is 0 Å². The van der Waals surface area contributed by atoms with Crippen molar-refractivity contribution in [2.24, 2.45) is 0 Å². The number of carbonyl (C=O) groups excluding carboxylic acids is 2. The normalized spacial score (nSPS) is 14.6. The first-order valence-corrected chi connectivity index (χ1v) is 15.7. The molecule has 1 fully saturated rings. The Morgan fingerprint density at radius 1 is 1.12 bits per heavy atom. The molecule has 3 aromatic heterocycles. The van der Waals surface area contributed by atoms with Gasteiger partial charge in [0.25, 0.3) is 5.91 Å². The largest absolute Gasteiger partial charge is 0.480 e. The molecule has 1 aliphatic rings. The number of aromatic nitrogens is 3. The van der Waals surface area contributed by atoms with Crippen molar-refractivity contribution >= 4 is 34.1 Å². The molecular formula is C32H39N5O4S. The first-order valence-electron chi connectivity index (χ1n) is 14.9. The molecular weight excluding hydrogens is 550 g/mol. The number of para-hydroxylation sites is 1. The molecule has 0 aliphatic carbocycles. The standard InChI is InChI=1S/C32H39N5O4S/c1-3-24(38)13-6-4-7-15-27(34-30(39)29-19-23(36-42-29)21-37-16-10-5-11-17-37)32-33-20-28(41-32)25-18-22-12-8-9-14-26(22)35-31(25)40-2/h8-9,12,14,18-20,27H,3-7,10-11,13,15-17,21H2,1-2H3,(H,34,39)/t27-/m0/s1. The number of fused-ring (bicyclic) bond motifs is 1. The van der Waals surface area contributed by atoms with E-state index in [2.05, 4.69) is 24.6 Å². The first kappa shape index (κ1) is 29.8. The molecule has 1 aromatic carbocycles. The highest BCUT2D eigenvalue weighted by atomic mass is 32.1. The van der Waals surface area contributed by atoms with Crippen LogP contribution in [-0.2, 0) is 11.3 Å². The van der Waals surface area contributed by atoms with E-state index in [1.54, 1.807) is 13.3 Å². The molecule has 0 unspecified atom stereocenters. The summed E-state index contributed by atoms with van der Waals surface area (Å²) in [4.78, 5) is 37.3. The summed E-state index contributed by atoms with van der Waals surface area (Å²) in [6, 6.07) is 11.3. The van der Waals surface area contributed by atoms with E-state index in [1.807, 2.05) is 43.3 Å². The maximum Gasteiger partial charge on any atom is 0.263 e. The average molecular weight is 590 g/mol. The Morgan fingerprint density at radius 3 is 2.76 bits per heavy atom. The van der Waals surface area contributed by atoms with Crippen molar-refractivity contribution in [1.29, 1.82) is 0 Å². The van der Waals surface area contributed by atoms with E-state index in [0.29, 0.717) is 47.2 Å². The molecule has 5 rings (SSSR count). The predicted octanol–water partition coefficient (Wildman–Crippen LogP) is 6.74. The van der Waals surface area contributed by atoms with E-state index in [-0.39, 0.29) is 11.7 Å². The fourth-order valence-corrected chi connectivity index (χ4v) is 6.01. The van der Waals surface area contributed by atoms with Crippen LogP contribution >= 0.6 is 11.5 Å². The number of unbranched alkanes of at least 4 members (excludes halogenated alkanes) is 2. The van der Waals surface area contributed by atoms with Crippen LogP contribution in [0, 0.1) is 0 Å². The second kappa shape index (κ2) is 14.5. The fourth-order valence-electron chi connectivity index (χ4n) is 5.35. The number of nitrogens with one attached hydrogen (secondary N) is 1. The number of hydrogen-bond donors (Lipinski definition) is 1. The lowest BCUT2D eigenvalue weighted by Crippen LogP contribution is -2.29. The third-order valence-electron chi connectivity index (χ3n) is 7.73. The van der Waals surface area contributed by atoms with Crippen molar-refractivity contribution in [2.75, 3.05) is 20.2 Å². The summed E-state index contributed by atoms with van der Waals surface area (Å²) >= 11 is 1.23. The minimum absolute atomic E-state index is 0.187. The van der Waals surface area contributed by atoms with E-state index >= 15 is 0 Å². The number of ketones is 1. The number of rotatable bonds is 14. The van der Waals surface area contributed by atoms with Gasteiger partial charge in [0.2, 0.25) is 11.8 Å². The smallest absolute Gasteiger partial charge is 0.263 e. The van der Waals surface area contributed by atoms with Crippen LogP contribution in [0.5, 0.6) is 5.88 Å². The van der Waals surface area contributed by atoms with Gasteiger partial charge in [-0.2, -0.15) is 4.37 Å². The number of methoxy groups -OCH3 is 1. The lowest BCUT2D eigenvalue weighted by atomic mass is 10.0. The summed E-state index contributed by atoms with van der Waals surface area (Å²) in [7, 11) is 1.58. The minimum Gasteiger partial charge on any atom is -0.480 e. The van der Waals surface area contributed by atoms with Crippen molar-refractivity contribution in [3.8, 4) is 17.2 Å². The Morgan fingerprint density at radius 2 is 1.95 bits per heavy atom. The molecule has 222 valence electrons. The molecule has 4 aromatic rings. The monoisotopic (exact) mass is 589 g/mol. The Kier molecular flexibility index (Phi) is 10.3. The molecule has 0 spiro atoms. The van der Waals surface area contributed by atoms with Crippen LogP contribution < -0.4 is 10.1 Å². The van der Waals surface area contributed by atoms with Crippen molar-refractivity contribution in [2.45, 2.75) is 77.3 Å². The van der Waals surface area contributed by atoms with E-state index in [9.17, 15) is 9.59 Å². The van der Waals surface area contributed by atoms with Gasteiger partial charge in [-0.1, -0.05) is 44.4 Å². The molecule has 0 radical (unpaired) electrons. The number of piperidine rings is 1. The van der Waals surface area contributed by atoms with Crippen molar-refractivity contribution < 1.29 is 18.7 Å². The Labute approximate surface area is 250 Å². The lowest BCUT2D eigenvalue weighted by molar-refractivity contribution is -0.118. The summed E-state index contributed by atoms with van der Waals surface area (Å²) in [6.07, 6.45) is 9.70. The molecule has 10 heteroatoms. The van der Waals surface area contributed by atoms with Crippen LogP contribution in [0.3, 0.4) is 0 Å². The number of nitrogens with zero attached hydrogens (tertiary/aromatic N) is 4. The number of amides is 1. The number of carbonyl (C=O) groups is 2. The number of hydrogen-bond acceptors (Lipinski definition) is 9. The van der Waals surface area contributed by atoms with Crippen LogP contribution in [-0.4, -0.2) is 51.1 Å². The van der Waals surface area contributed by atoms with Crippen LogP contribution in [0.15, 0.2) is 47.0 Å². The van der Waals surface area contributed by atoms with Gasteiger partial charge in [0, 0.05) is 24.8 Å². The zero-order chi connectivity index (χ0) is 29.3. The van der Waals surface area contributed by atoms with Gasteiger partial charge in [0.05, 0.1) is 30.1 Å². The molecule has 9 nitrogen and oxygen atoms in total. The van der Waals surface area contributed by atoms with E-state index < -0.39 is 6.04 Å². The number of pyridine rings is 1. The van der Waals surface area contributed by atoms with Crippen LogP contribution in [0.1, 0.15) is 92.0 Å². The first-order chi connectivity index (χ1) is 20.5. The Bertz CT molecular complexity index is 1490. The molecule has 1 atom stereocenters. The highest BCUT2D eigenvalue weighted by molar-refractivity contribution is 7.08. The molecule has 1 amide bonds. The van der Waals surface area contributed by atoms with Gasteiger partial charge < -0.3 is 14.5 Å². The molecule has 1 N–H and O–H groups in total. The van der Waals surface area contributed by atoms with Gasteiger partial charge in [-0.05, 0) is 68.5 Å². The van der Waals surface area contributed by atoms with E-state index in [4.69, 9.17) is 9.15 Å². The summed E-state index contributed by atoms with van der Waals surface area (Å²) in [5.41, 5.74) is 2.45. The molecule has 0 bridgehead atoms. The Hall–Kier alpha value is -3.63. The van der Waals surface area contributed by atoms with Gasteiger partial charge in [0.15, 0.2) is 5.76 Å². The highest BCUT2D eigenvalue weighted by Crippen LogP contribution is 2.34. The lowest BCUT2D eigenvalue weighted by Gasteiger charge is -2.25. The topological polar surface area (TPSA) is 110 Å². The van der Waals surface area contributed by atoms with Crippen molar-refractivity contribution in [3.05, 3.63) is 59.1 Å². The zero-order valence-electron chi connectivity index (χ0n) is 24.4. The summed E-state index contributed by atoms with van der Waals surface area (Å²) in [6.45, 7) is 4.82. The molecule has 0 saturated carbocycles. The molecule has 42 heavy (non-hydrogen) atoms. The van der Waals surface area contributed by atoms with Gasteiger partial charge in [-0.25, -0.2) is 9.97 Å². The maximum absolute atomic E-state index is 13.4. The van der Waals surface area contributed by atoms with Gasteiger partial charge in [0.1, 0.15) is 16.7 Å². The third-order valence-corrected chi connectivity index (χ3v) is 8.56. The molecule has 1 saturated heterocycles. The number of oxazole rings is 1. The highest BCUT2D eigenvalue weighted by Gasteiger charge is 2.24. The fraction of sp³-hybridized carbons (Fsp3) is 0.469. The van der Waals surface area contributed by atoms with Crippen LogP contribution in [0.2, 0.25) is 0 Å². The number of benzene rings is 1. The SMILES string of the molecule is CCC(=O)CCCCC[C@H](NC(=O)c1cc(CN2CCCCC2)ns1)c1ncc(-c2cc3ccccc3nc2OC)o1. The van der Waals surface area contributed by atoms with E-state index in [1.165, 1.54) is 30.8 Å². The van der Waals surface area contributed by atoms with Gasteiger partial charge in [-0.15, -0.1) is 0 Å². The molecule has 4 heterocycles.